The summed E-state index contributed by atoms with van der Waals surface area (Å²) in [5, 5.41) is 0.374. The lowest BCUT2D eigenvalue weighted by Gasteiger charge is -2.18. The van der Waals surface area contributed by atoms with Crippen molar-refractivity contribution in [3.8, 4) is 11.5 Å². The predicted molar refractivity (Wildman–Crippen MR) is 97.8 cm³/mol. The van der Waals surface area contributed by atoms with Crippen molar-refractivity contribution < 1.29 is 23.8 Å². The first kappa shape index (κ1) is 19.6. The average molecular weight is 378 g/mol. The Morgan fingerprint density at radius 3 is 2.54 bits per heavy atom. The molecule has 0 spiro atoms. The monoisotopic (exact) mass is 377 g/mol. The van der Waals surface area contributed by atoms with Crippen LogP contribution in [0.5, 0.6) is 11.5 Å². The number of amides is 1. The number of hydrogen-bond acceptors (Lipinski definition) is 5. The molecule has 0 bridgehead atoms. The Balaban J connectivity index is 1.95. The normalized spacial score (nSPS) is 10.2. The van der Waals surface area contributed by atoms with Gasteiger partial charge in [0.15, 0.2) is 6.61 Å². The smallest absolute Gasteiger partial charge is 0.342 e. The first-order chi connectivity index (χ1) is 12.4. The molecule has 1 amide bonds. The Kier molecular flexibility index (Phi) is 6.86. The molecular formula is C19H20ClNO5. The van der Waals surface area contributed by atoms with Gasteiger partial charge in [-0.25, -0.2) is 4.79 Å². The summed E-state index contributed by atoms with van der Waals surface area (Å²) in [7, 11) is 4.65. The fourth-order valence-electron chi connectivity index (χ4n) is 2.29. The van der Waals surface area contributed by atoms with Crippen LogP contribution in [0.3, 0.4) is 0 Å². The average Bonchev–Trinajstić information content (AvgIpc) is 2.65. The molecule has 0 aromatic heterocycles. The van der Waals surface area contributed by atoms with Crippen LogP contribution in [-0.2, 0) is 16.1 Å². The maximum atomic E-state index is 12.2. The topological polar surface area (TPSA) is 65.1 Å². The molecule has 0 heterocycles. The summed E-state index contributed by atoms with van der Waals surface area (Å²) in [6.45, 7) is -0.0109. The standard InChI is InChI=1S/C19H20ClNO5/c1-21(11-13-5-4-6-15(9-13)24-2)18(22)12-26-19(23)16-10-14(20)7-8-17(16)25-3/h4-10H,11-12H2,1-3H3. The highest BCUT2D eigenvalue weighted by atomic mass is 35.5. The van der Waals surface area contributed by atoms with Crippen molar-refractivity contribution in [2.24, 2.45) is 0 Å². The molecule has 0 saturated heterocycles. The Morgan fingerprint density at radius 1 is 1.08 bits per heavy atom. The third-order valence-electron chi connectivity index (χ3n) is 3.69. The van der Waals surface area contributed by atoms with Crippen LogP contribution in [0.15, 0.2) is 42.5 Å². The van der Waals surface area contributed by atoms with Crippen molar-refractivity contribution in [1.82, 2.24) is 4.90 Å². The highest BCUT2D eigenvalue weighted by molar-refractivity contribution is 6.31. The van der Waals surface area contributed by atoms with E-state index in [-0.39, 0.29) is 18.1 Å². The number of halogens is 1. The molecule has 2 rings (SSSR count). The quantitative estimate of drug-likeness (QED) is 0.693. The maximum Gasteiger partial charge on any atom is 0.342 e. The van der Waals surface area contributed by atoms with Crippen LogP contribution in [0.1, 0.15) is 15.9 Å². The molecule has 2 aromatic carbocycles. The van der Waals surface area contributed by atoms with Gasteiger partial charge in [-0.05, 0) is 35.9 Å². The van der Waals surface area contributed by atoms with E-state index in [0.717, 1.165) is 5.56 Å². The van der Waals surface area contributed by atoms with Gasteiger partial charge in [0, 0.05) is 18.6 Å². The van der Waals surface area contributed by atoms with E-state index in [4.69, 9.17) is 25.8 Å². The van der Waals surface area contributed by atoms with Crippen molar-refractivity contribution in [2.45, 2.75) is 6.54 Å². The van der Waals surface area contributed by atoms with Gasteiger partial charge in [0.1, 0.15) is 17.1 Å². The van der Waals surface area contributed by atoms with Crippen molar-refractivity contribution >= 4 is 23.5 Å². The van der Waals surface area contributed by atoms with E-state index in [2.05, 4.69) is 0 Å². The molecule has 7 heteroatoms. The zero-order chi connectivity index (χ0) is 19.1. The maximum absolute atomic E-state index is 12.2. The van der Waals surface area contributed by atoms with E-state index in [1.807, 2.05) is 24.3 Å². The van der Waals surface area contributed by atoms with E-state index < -0.39 is 5.97 Å². The molecular weight excluding hydrogens is 358 g/mol. The molecule has 0 N–H and O–H groups in total. The first-order valence-electron chi connectivity index (χ1n) is 7.82. The summed E-state index contributed by atoms with van der Waals surface area (Å²) in [6.07, 6.45) is 0. The lowest BCUT2D eigenvalue weighted by molar-refractivity contribution is -0.133. The van der Waals surface area contributed by atoms with Gasteiger partial charge >= 0.3 is 5.97 Å². The predicted octanol–water partition coefficient (Wildman–Crippen LogP) is 3.17. The fourth-order valence-corrected chi connectivity index (χ4v) is 2.46. The largest absolute Gasteiger partial charge is 0.497 e. The summed E-state index contributed by atoms with van der Waals surface area (Å²) in [5.74, 6) is 0.0362. The van der Waals surface area contributed by atoms with Crippen LogP contribution in [0, 0.1) is 0 Å². The van der Waals surface area contributed by atoms with Crippen molar-refractivity contribution in [3.63, 3.8) is 0 Å². The second-order valence-corrected chi connectivity index (χ2v) is 5.96. The molecule has 2 aromatic rings. The lowest BCUT2D eigenvalue weighted by Crippen LogP contribution is -2.30. The van der Waals surface area contributed by atoms with E-state index >= 15 is 0 Å². The molecule has 0 atom stereocenters. The lowest BCUT2D eigenvalue weighted by atomic mass is 10.2. The molecule has 6 nitrogen and oxygen atoms in total. The molecule has 0 radical (unpaired) electrons. The zero-order valence-corrected chi connectivity index (χ0v) is 15.6. The third kappa shape index (κ3) is 5.13. The SMILES string of the molecule is COc1cccc(CN(C)C(=O)COC(=O)c2cc(Cl)ccc2OC)c1. The number of carbonyl (C=O) groups excluding carboxylic acids is 2. The summed E-state index contributed by atoms with van der Waals surface area (Å²) >= 11 is 5.90. The van der Waals surface area contributed by atoms with Crippen molar-refractivity contribution in [1.29, 1.82) is 0 Å². The van der Waals surface area contributed by atoms with Gasteiger partial charge in [0.2, 0.25) is 0 Å². The Labute approximate surface area is 157 Å². The van der Waals surface area contributed by atoms with E-state index in [0.29, 0.717) is 23.1 Å². The fraction of sp³-hybridized carbons (Fsp3) is 0.263. The van der Waals surface area contributed by atoms with Crippen LogP contribution >= 0.6 is 11.6 Å². The van der Waals surface area contributed by atoms with Crippen LogP contribution in [0.4, 0.5) is 0 Å². The highest BCUT2D eigenvalue weighted by Crippen LogP contribution is 2.23. The second-order valence-electron chi connectivity index (χ2n) is 5.52. The first-order valence-corrected chi connectivity index (χ1v) is 8.20. The van der Waals surface area contributed by atoms with Gasteiger partial charge in [-0.15, -0.1) is 0 Å². The minimum Gasteiger partial charge on any atom is -0.497 e. The van der Waals surface area contributed by atoms with Gasteiger partial charge in [0.25, 0.3) is 5.91 Å². The number of benzene rings is 2. The van der Waals surface area contributed by atoms with Gasteiger partial charge in [0.05, 0.1) is 14.2 Å². The number of rotatable bonds is 7. The van der Waals surface area contributed by atoms with Crippen LogP contribution in [-0.4, -0.2) is 44.7 Å². The van der Waals surface area contributed by atoms with E-state index in [9.17, 15) is 9.59 Å². The number of carbonyl (C=O) groups is 2. The second kappa shape index (κ2) is 9.10. The number of methoxy groups -OCH3 is 2. The summed E-state index contributed by atoms with van der Waals surface area (Å²) < 4.78 is 15.4. The van der Waals surface area contributed by atoms with E-state index in [1.54, 1.807) is 26.3 Å². The molecule has 0 fully saturated rings. The Bertz CT molecular complexity index is 793. The van der Waals surface area contributed by atoms with Gasteiger partial charge < -0.3 is 19.1 Å². The molecule has 26 heavy (non-hydrogen) atoms. The number of esters is 1. The number of likely N-dealkylation sites (N-methyl/N-ethyl adjacent to an activating group) is 1. The summed E-state index contributed by atoms with van der Waals surface area (Å²) in [5.41, 5.74) is 1.08. The summed E-state index contributed by atoms with van der Waals surface area (Å²) in [4.78, 5) is 25.9. The molecule has 0 unspecified atom stereocenters. The molecule has 0 aliphatic heterocycles. The summed E-state index contributed by atoms with van der Waals surface area (Å²) in [6, 6.07) is 12.0. The third-order valence-corrected chi connectivity index (χ3v) is 3.92. The number of hydrogen-bond donors (Lipinski definition) is 0. The number of ether oxygens (including phenoxy) is 3. The van der Waals surface area contributed by atoms with Crippen LogP contribution in [0.25, 0.3) is 0 Å². The van der Waals surface area contributed by atoms with E-state index in [1.165, 1.54) is 18.1 Å². The molecule has 0 aliphatic rings. The highest BCUT2D eigenvalue weighted by Gasteiger charge is 2.17. The van der Waals surface area contributed by atoms with Crippen LogP contribution in [0.2, 0.25) is 5.02 Å². The Hall–Kier alpha value is -2.73. The van der Waals surface area contributed by atoms with Crippen LogP contribution < -0.4 is 9.47 Å². The van der Waals surface area contributed by atoms with Gasteiger partial charge in [-0.1, -0.05) is 23.7 Å². The minimum absolute atomic E-state index is 0.170. The minimum atomic E-state index is -0.674. The van der Waals surface area contributed by atoms with Gasteiger partial charge in [-0.2, -0.15) is 0 Å². The Morgan fingerprint density at radius 2 is 1.85 bits per heavy atom. The molecule has 138 valence electrons. The van der Waals surface area contributed by atoms with Crippen molar-refractivity contribution in [3.05, 3.63) is 58.6 Å². The van der Waals surface area contributed by atoms with Crippen molar-refractivity contribution in [2.75, 3.05) is 27.9 Å². The molecule has 0 saturated carbocycles. The van der Waals surface area contributed by atoms with Gasteiger partial charge in [-0.3, -0.25) is 4.79 Å². The molecule has 0 aliphatic carbocycles. The zero-order valence-electron chi connectivity index (χ0n) is 14.8. The number of nitrogens with zero attached hydrogens (tertiary/aromatic N) is 1.